The van der Waals surface area contributed by atoms with E-state index in [0.717, 1.165) is 25.7 Å². The molecule has 0 spiro atoms. The molecule has 0 saturated carbocycles. The molecule has 1 N–H and O–H groups in total. The van der Waals surface area contributed by atoms with Crippen molar-refractivity contribution in [1.82, 2.24) is 0 Å². The Bertz CT molecular complexity index is 1130. The maximum atomic E-state index is 13.1. The van der Waals surface area contributed by atoms with Gasteiger partial charge in [0.1, 0.15) is 9.77 Å². The molecule has 3 rings (SSSR count). The number of carbonyl (C=O) groups is 1. The first-order chi connectivity index (χ1) is 13.2. The third-order valence-electron chi connectivity index (χ3n) is 4.08. The van der Waals surface area contributed by atoms with Crippen LogP contribution in [0.4, 0.5) is 11.4 Å². The number of sulfonamides is 1. The number of aryl methyl sites for hydroxylation is 1. The predicted octanol–water partition coefficient (Wildman–Crippen LogP) is 5.55. The zero-order valence-electron chi connectivity index (χ0n) is 14.9. The molecule has 3 aromatic rings. The van der Waals surface area contributed by atoms with E-state index in [2.05, 4.69) is 21.2 Å². The number of nitrogens with one attached hydrogen (secondary N) is 1. The van der Waals surface area contributed by atoms with Gasteiger partial charge in [-0.25, -0.2) is 8.42 Å². The van der Waals surface area contributed by atoms with Crippen LogP contribution in [0.5, 0.6) is 0 Å². The molecule has 0 saturated heterocycles. The number of amides is 1. The van der Waals surface area contributed by atoms with Crippen LogP contribution in [0.3, 0.4) is 0 Å². The highest BCUT2D eigenvalue weighted by molar-refractivity contribution is 9.10. The van der Waals surface area contributed by atoms with Crippen LogP contribution in [0, 0.1) is 6.92 Å². The molecule has 1 amide bonds. The van der Waals surface area contributed by atoms with Crippen LogP contribution in [0.15, 0.2) is 63.3 Å². The van der Waals surface area contributed by atoms with E-state index in [-0.39, 0.29) is 9.77 Å². The zero-order valence-corrected chi connectivity index (χ0v) is 18.9. The summed E-state index contributed by atoms with van der Waals surface area (Å²) in [5.74, 6) is -0.472. The number of rotatable bonds is 5. The SMILES string of the molecule is Cc1cc(NC(=O)c2sccc2S(=O)(=O)N(C)c2ccc(Cl)cc2)ccc1Br. The van der Waals surface area contributed by atoms with Gasteiger partial charge in [-0.15, -0.1) is 11.3 Å². The quantitative estimate of drug-likeness (QED) is 0.500. The van der Waals surface area contributed by atoms with Gasteiger partial charge in [-0.2, -0.15) is 0 Å². The molecule has 5 nitrogen and oxygen atoms in total. The van der Waals surface area contributed by atoms with Gasteiger partial charge < -0.3 is 5.32 Å². The number of benzene rings is 2. The van der Waals surface area contributed by atoms with Gasteiger partial charge in [0.05, 0.1) is 5.69 Å². The molecule has 0 bridgehead atoms. The van der Waals surface area contributed by atoms with Crippen molar-refractivity contribution in [3.63, 3.8) is 0 Å². The molecule has 0 unspecified atom stereocenters. The number of hydrogen-bond donors (Lipinski definition) is 1. The van der Waals surface area contributed by atoms with Crippen LogP contribution in [-0.4, -0.2) is 21.4 Å². The first-order valence-corrected chi connectivity index (χ1v) is 11.6. The maximum absolute atomic E-state index is 13.1. The van der Waals surface area contributed by atoms with Crippen LogP contribution in [0.25, 0.3) is 0 Å². The Kier molecular flexibility index (Phi) is 6.14. The van der Waals surface area contributed by atoms with Crippen molar-refractivity contribution in [1.29, 1.82) is 0 Å². The molecular formula is C19H16BrClN2O3S2. The van der Waals surface area contributed by atoms with Gasteiger partial charge in [0.25, 0.3) is 15.9 Å². The number of anilines is 2. The Morgan fingerprint density at radius 3 is 2.46 bits per heavy atom. The molecule has 0 aliphatic carbocycles. The lowest BCUT2D eigenvalue weighted by atomic mass is 10.2. The molecule has 1 heterocycles. The predicted molar refractivity (Wildman–Crippen MR) is 118 cm³/mol. The fourth-order valence-corrected chi connectivity index (χ4v) is 5.38. The first-order valence-electron chi connectivity index (χ1n) is 8.09. The van der Waals surface area contributed by atoms with Crippen LogP contribution in [-0.2, 0) is 10.0 Å². The van der Waals surface area contributed by atoms with Crippen molar-refractivity contribution >= 4 is 66.2 Å². The summed E-state index contributed by atoms with van der Waals surface area (Å²) in [4.78, 5) is 12.8. The van der Waals surface area contributed by atoms with Gasteiger partial charge in [-0.1, -0.05) is 27.5 Å². The second kappa shape index (κ2) is 8.24. The Morgan fingerprint density at radius 2 is 1.82 bits per heavy atom. The lowest BCUT2D eigenvalue weighted by Gasteiger charge is -2.19. The maximum Gasteiger partial charge on any atom is 0.267 e. The number of thiophene rings is 1. The minimum Gasteiger partial charge on any atom is -0.321 e. The highest BCUT2D eigenvalue weighted by atomic mass is 79.9. The van der Waals surface area contributed by atoms with Crippen molar-refractivity contribution in [2.75, 3.05) is 16.7 Å². The minimum atomic E-state index is -3.91. The van der Waals surface area contributed by atoms with Gasteiger partial charge in [0.15, 0.2) is 0 Å². The second-order valence-electron chi connectivity index (χ2n) is 5.98. The first kappa shape index (κ1) is 20.9. The molecule has 1 aromatic heterocycles. The zero-order chi connectivity index (χ0) is 20.5. The van der Waals surface area contributed by atoms with Crippen LogP contribution < -0.4 is 9.62 Å². The fourth-order valence-electron chi connectivity index (χ4n) is 2.51. The van der Waals surface area contributed by atoms with Gasteiger partial charge in [0.2, 0.25) is 0 Å². The van der Waals surface area contributed by atoms with Crippen LogP contribution in [0.2, 0.25) is 5.02 Å². The summed E-state index contributed by atoms with van der Waals surface area (Å²) < 4.78 is 28.2. The Balaban J connectivity index is 1.90. The third kappa shape index (κ3) is 4.25. The molecule has 0 radical (unpaired) electrons. The Hall–Kier alpha value is -1.87. The molecular weight excluding hydrogens is 484 g/mol. The van der Waals surface area contributed by atoms with Gasteiger partial charge in [0, 0.05) is 22.2 Å². The van der Waals surface area contributed by atoms with Crippen molar-refractivity contribution in [3.8, 4) is 0 Å². The number of nitrogens with zero attached hydrogens (tertiary/aromatic N) is 1. The van der Waals surface area contributed by atoms with Gasteiger partial charge in [-0.05, 0) is 66.4 Å². The monoisotopic (exact) mass is 498 g/mol. The average molecular weight is 500 g/mol. The average Bonchev–Trinajstić information content (AvgIpc) is 3.16. The number of halogens is 2. The van der Waals surface area contributed by atoms with E-state index in [4.69, 9.17) is 11.6 Å². The Morgan fingerprint density at radius 1 is 1.14 bits per heavy atom. The molecule has 28 heavy (non-hydrogen) atoms. The fraction of sp³-hybridized carbons (Fsp3) is 0.105. The topological polar surface area (TPSA) is 66.5 Å². The van der Waals surface area contributed by atoms with Crippen molar-refractivity contribution < 1.29 is 13.2 Å². The van der Waals surface area contributed by atoms with E-state index in [1.807, 2.05) is 19.1 Å². The number of hydrogen-bond acceptors (Lipinski definition) is 4. The summed E-state index contributed by atoms with van der Waals surface area (Å²) in [5.41, 5.74) is 2.00. The summed E-state index contributed by atoms with van der Waals surface area (Å²) in [5, 5.41) is 4.86. The van der Waals surface area contributed by atoms with E-state index in [9.17, 15) is 13.2 Å². The van der Waals surface area contributed by atoms with E-state index in [1.54, 1.807) is 35.7 Å². The molecule has 0 fully saturated rings. The highest BCUT2D eigenvalue weighted by Crippen LogP contribution is 2.29. The second-order valence-corrected chi connectivity index (χ2v) is 10.1. The number of carbonyl (C=O) groups excluding carboxylic acids is 1. The molecule has 2 aromatic carbocycles. The van der Waals surface area contributed by atoms with Crippen molar-refractivity contribution in [2.24, 2.45) is 0 Å². The molecule has 0 aliphatic rings. The van der Waals surface area contributed by atoms with Crippen LogP contribution >= 0.6 is 38.9 Å². The third-order valence-corrected chi connectivity index (χ3v) is 8.09. The summed E-state index contributed by atoms with van der Waals surface area (Å²) in [6.45, 7) is 1.90. The Labute approximate surface area is 181 Å². The normalized spacial score (nSPS) is 11.3. The molecule has 146 valence electrons. The van der Waals surface area contributed by atoms with Crippen molar-refractivity contribution in [2.45, 2.75) is 11.8 Å². The smallest absolute Gasteiger partial charge is 0.267 e. The van der Waals surface area contributed by atoms with Gasteiger partial charge >= 0.3 is 0 Å². The van der Waals surface area contributed by atoms with Crippen molar-refractivity contribution in [3.05, 3.63) is 73.8 Å². The summed E-state index contributed by atoms with van der Waals surface area (Å²) >= 11 is 10.4. The van der Waals surface area contributed by atoms with E-state index in [0.29, 0.717) is 16.4 Å². The lowest BCUT2D eigenvalue weighted by molar-refractivity contribution is 0.102. The standard InChI is InChI=1S/C19H16BrClN2O3S2/c1-12-11-14(5-8-16(12)20)22-19(24)18-17(9-10-27-18)28(25,26)23(2)15-6-3-13(21)4-7-15/h3-11H,1-2H3,(H,22,24). The van der Waals surface area contributed by atoms with E-state index < -0.39 is 15.9 Å². The minimum absolute atomic E-state index is 0.0405. The summed E-state index contributed by atoms with van der Waals surface area (Å²) in [7, 11) is -2.47. The molecule has 0 aliphatic heterocycles. The summed E-state index contributed by atoms with van der Waals surface area (Å²) in [6.07, 6.45) is 0. The largest absolute Gasteiger partial charge is 0.321 e. The van der Waals surface area contributed by atoms with E-state index in [1.165, 1.54) is 13.1 Å². The summed E-state index contributed by atoms with van der Waals surface area (Å²) in [6, 6.07) is 13.3. The van der Waals surface area contributed by atoms with Gasteiger partial charge in [-0.3, -0.25) is 9.10 Å². The molecule has 0 atom stereocenters. The highest BCUT2D eigenvalue weighted by Gasteiger charge is 2.28. The molecule has 9 heteroatoms. The lowest BCUT2D eigenvalue weighted by Crippen LogP contribution is -2.28. The van der Waals surface area contributed by atoms with E-state index >= 15 is 0 Å². The van der Waals surface area contributed by atoms with Crippen LogP contribution in [0.1, 0.15) is 15.2 Å².